The van der Waals surface area contributed by atoms with E-state index in [0.717, 1.165) is 12.2 Å². The van der Waals surface area contributed by atoms with E-state index in [4.69, 9.17) is 9.47 Å². The monoisotopic (exact) mass is 301 g/mol. The molecule has 0 aliphatic rings. The zero-order valence-electron chi connectivity index (χ0n) is 12.4. The molecule has 6 heteroatoms. The van der Waals surface area contributed by atoms with Gasteiger partial charge in [0.25, 0.3) is 6.43 Å². The Morgan fingerprint density at radius 3 is 2.43 bits per heavy atom. The molecular formula is C15H21F2NO3. The molecule has 0 aromatic heterocycles. The summed E-state index contributed by atoms with van der Waals surface area (Å²) in [6, 6.07) is 7.15. The van der Waals surface area contributed by atoms with Crippen LogP contribution in [0.1, 0.15) is 27.2 Å². The lowest BCUT2D eigenvalue weighted by atomic mass is 10.3. The Hall–Kier alpha value is -1.82. The first kappa shape index (κ1) is 17.2. The maximum absolute atomic E-state index is 11.9. The highest BCUT2D eigenvalue weighted by Crippen LogP contribution is 2.19. The zero-order chi connectivity index (χ0) is 15.7. The molecule has 1 atom stereocenters. The molecule has 0 fully saturated rings. The van der Waals surface area contributed by atoms with Crippen LogP contribution in [0.2, 0.25) is 0 Å². The molecule has 1 unspecified atom stereocenters. The van der Waals surface area contributed by atoms with Crippen molar-refractivity contribution in [3.63, 3.8) is 0 Å². The van der Waals surface area contributed by atoms with Gasteiger partial charge in [0.05, 0.1) is 11.8 Å². The largest absolute Gasteiger partial charge is 0.491 e. The summed E-state index contributed by atoms with van der Waals surface area (Å²) in [5.41, 5.74) is 2.84. The molecule has 0 saturated carbocycles. The van der Waals surface area contributed by atoms with Gasteiger partial charge in [-0.2, -0.15) is 0 Å². The SMILES string of the molecule is CCC(C)Oc1ccc(OC=C(C)NOCC(F)F)cc1. The molecule has 0 heterocycles. The molecule has 1 N–H and O–H groups in total. The third-order valence-corrected chi connectivity index (χ3v) is 2.55. The van der Waals surface area contributed by atoms with Crippen molar-refractivity contribution in [2.75, 3.05) is 6.61 Å². The van der Waals surface area contributed by atoms with Crippen LogP contribution in [0.4, 0.5) is 8.78 Å². The molecule has 0 spiro atoms. The van der Waals surface area contributed by atoms with Crippen LogP contribution in [0, 0.1) is 0 Å². The van der Waals surface area contributed by atoms with E-state index in [9.17, 15) is 8.78 Å². The fraction of sp³-hybridized carbons (Fsp3) is 0.467. The molecule has 0 bridgehead atoms. The lowest BCUT2D eigenvalue weighted by molar-refractivity contribution is -0.0217. The third kappa shape index (κ3) is 7.51. The minimum Gasteiger partial charge on any atom is -0.491 e. The first-order chi connectivity index (χ1) is 10.0. The quantitative estimate of drug-likeness (QED) is 0.555. The highest BCUT2D eigenvalue weighted by molar-refractivity contribution is 5.31. The van der Waals surface area contributed by atoms with Gasteiger partial charge in [-0.25, -0.2) is 8.78 Å². The maximum Gasteiger partial charge on any atom is 0.264 e. The zero-order valence-corrected chi connectivity index (χ0v) is 12.4. The first-order valence-electron chi connectivity index (χ1n) is 6.77. The number of halogens is 2. The van der Waals surface area contributed by atoms with E-state index in [1.54, 1.807) is 19.1 Å². The Kier molecular flexibility index (Phi) is 7.53. The Labute approximate surface area is 123 Å². The van der Waals surface area contributed by atoms with Gasteiger partial charge in [-0.15, -0.1) is 0 Å². The second kappa shape index (κ2) is 9.18. The molecule has 4 nitrogen and oxygen atoms in total. The number of nitrogens with one attached hydrogen (secondary N) is 1. The highest BCUT2D eigenvalue weighted by Gasteiger charge is 2.02. The van der Waals surface area contributed by atoms with E-state index >= 15 is 0 Å². The fourth-order valence-electron chi connectivity index (χ4n) is 1.31. The van der Waals surface area contributed by atoms with E-state index in [-0.39, 0.29) is 6.10 Å². The van der Waals surface area contributed by atoms with Gasteiger partial charge in [-0.05, 0) is 44.5 Å². The van der Waals surface area contributed by atoms with Crippen LogP contribution in [0.3, 0.4) is 0 Å². The van der Waals surface area contributed by atoms with Gasteiger partial charge >= 0.3 is 0 Å². The van der Waals surface area contributed by atoms with Crippen LogP contribution in [0.5, 0.6) is 11.5 Å². The first-order valence-corrected chi connectivity index (χ1v) is 6.77. The fourth-order valence-corrected chi connectivity index (χ4v) is 1.31. The molecule has 0 amide bonds. The summed E-state index contributed by atoms with van der Waals surface area (Å²) in [5, 5.41) is 0. The van der Waals surface area contributed by atoms with Crippen LogP contribution in [0.15, 0.2) is 36.2 Å². The molecule has 118 valence electrons. The summed E-state index contributed by atoms with van der Waals surface area (Å²) < 4.78 is 34.7. The topological polar surface area (TPSA) is 39.7 Å². The molecule has 0 radical (unpaired) electrons. The van der Waals surface area contributed by atoms with Crippen LogP contribution in [0.25, 0.3) is 0 Å². The third-order valence-electron chi connectivity index (χ3n) is 2.55. The van der Waals surface area contributed by atoms with Gasteiger partial charge in [0.2, 0.25) is 0 Å². The minimum absolute atomic E-state index is 0.162. The number of ether oxygens (including phenoxy) is 2. The van der Waals surface area contributed by atoms with Crippen molar-refractivity contribution in [1.82, 2.24) is 5.48 Å². The Balaban J connectivity index is 2.41. The van der Waals surface area contributed by atoms with Crippen LogP contribution in [-0.4, -0.2) is 19.1 Å². The van der Waals surface area contributed by atoms with E-state index in [1.807, 2.05) is 19.1 Å². The van der Waals surface area contributed by atoms with Crippen molar-refractivity contribution in [3.8, 4) is 11.5 Å². The van der Waals surface area contributed by atoms with Crippen LogP contribution >= 0.6 is 0 Å². The van der Waals surface area contributed by atoms with E-state index in [0.29, 0.717) is 11.4 Å². The average molecular weight is 301 g/mol. The van der Waals surface area contributed by atoms with Crippen molar-refractivity contribution >= 4 is 0 Å². The Bertz CT molecular complexity index is 435. The molecule has 0 aliphatic heterocycles. The number of hydrogen-bond acceptors (Lipinski definition) is 4. The normalized spacial score (nSPS) is 13.1. The van der Waals surface area contributed by atoms with Gasteiger partial charge < -0.3 is 9.47 Å². The second-order valence-corrected chi connectivity index (χ2v) is 4.53. The lowest BCUT2D eigenvalue weighted by Gasteiger charge is -2.12. The van der Waals surface area contributed by atoms with Crippen LogP contribution in [-0.2, 0) is 4.84 Å². The van der Waals surface area contributed by atoms with E-state index in [2.05, 4.69) is 17.2 Å². The maximum atomic E-state index is 11.9. The van der Waals surface area contributed by atoms with Crippen molar-refractivity contribution in [1.29, 1.82) is 0 Å². The van der Waals surface area contributed by atoms with Gasteiger partial charge in [-0.1, -0.05) is 6.92 Å². The Morgan fingerprint density at radius 1 is 1.24 bits per heavy atom. The smallest absolute Gasteiger partial charge is 0.264 e. The number of hydroxylamine groups is 1. The second-order valence-electron chi connectivity index (χ2n) is 4.53. The lowest BCUT2D eigenvalue weighted by Crippen LogP contribution is -2.17. The molecule has 0 aliphatic carbocycles. The molecular weight excluding hydrogens is 280 g/mol. The average Bonchev–Trinajstić information content (AvgIpc) is 2.46. The van der Waals surface area contributed by atoms with Crippen molar-refractivity contribution < 1.29 is 23.1 Å². The number of rotatable bonds is 9. The summed E-state index contributed by atoms with van der Waals surface area (Å²) >= 11 is 0. The number of alkyl halides is 2. The summed E-state index contributed by atoms with van der Waals surface area (Å²) in [6.07, 6.45) is -0.0279. The van der Waals surface area contributed by atoms with Gasteiger partial charge in [0, 0.05) is 0 Å². The molecule has 1 rings (SSSR count). The minimum atomic E-state index is -2.51. The van der Waals surface area contributed by atoms with Crippen LogP contribution < -0.4 is 15.0 Å². The summed E-state index contributed by atoms with van der Waals surface area (Å²) in [7, 11) is 0. The highest BCUT2D eigenvalue weighted by atomic mass is 19.3. The van der Waals surface area contributed by atoms with E-state index in [1.165, 1.54) is 6.26 Å². The summed E-state index contributed by atoms with van der Waals surface area (Å²) in [4.78, 5) is 4.55. The summed E-state index contributed by atoms with van der Waals surface area (Å²) in [5.74, 6) is 1.39. The number of allylic oxidation sites excluding steroid dienone is 1. The number of hydrogen-bond donors (Lipinski definition) is 1. The standard InChI is InChI=1S/C15H21F2NO3/c1-4-12(3)21-14-7-5-13(6-8-14)19-9-11(2)18-20-10-15(16)17/h5-9,12,15,18H,4,10H2,1-3H3. The summed E-state index contributed by atoms with van der Waals surface area (Å²) in [6.45, 7) is 5.03. The van der Waals surface area contributed by atoms with Crippen molar-refractivity contribution in [3.05, 3.63) is 36.2 Å². The van der Waals surface area contributed by atoms with Crippen molar-refractivity contribution in [2.45, 2.75) is 39.7 Å². The predicted molar refractivity (Wildman–Crippen MR) is 76.3 cm³/mol. The van der Waals surface area contributed by atoms with Gasteiger partial charge in [0.15, 0.2) is 0 Å². The Morgan fingerprint density at radius 2 is 1.86 bits per heavy atom. The molecule has 21 heavy (non-hydrogen) atoms. The predicted octanol–water partition coefficient (Wildman–Crippen LogP) is 3.89. The molecule has 1 aromatic rings. The van der Waals surface area contributed by atoms with Gasteiger partial charge in [-0.3, -0.25) is 10.3 Å². The van der Waals surface area contributed by atoms with Gasteiger partial charge in [0.1, 0.15) is 24.4 Å². The number of benzene rings is 1. The van der Waals surface area contributed by atoms with E-state index < -0.39 is 13.0 Å². The molecule has 0 saturated heterocycles. The molecule has 1 aromatic carbocycles. The van der Waals surface area contributed by atoms with Crippen molar-refractivity contribution in [2.24, 2.45) is 0 Å².